The highest BCUT2D eigenvalue weighted by molar-refractivity contribution is 5.94. The Morgan fingerprint density at radius 2 is 1.82 bits per heavy atom. The van der Waals surface area contributed by atoms with Crippen molar-refractivity contribution >= 4 is 11.8 Å². The molecule has 1 heterocycles. The molecule has 0 radical (unpaired) electrons. The Bertz CT molecular complexity index is 948. The molecule has 1 atom stereocenters. The molecule has 0 saturated carbocycles. The summed E-state index contributed by atoms with van der Waals surface area (Å²) in [5, 5.41) is 5.58. The van der Waals surface area contributed by atoms with Crippen molar-refractivity contribution in [2.75, 3.05) is 33.3 Å². The number of hydrogen-bond acceptors (Lipinski definition) is 4. The van der Waals surface area contributed by atoms with E-state index in [0.717, 1.165) is 49.4 Å². The van der Waals surface area contributed by atoms with Crippen molar-refractivity contribution in [2.45, 2.75) is 38.1 Å². The number of methoxy groups -OCH3 is 1. The molecule has 1 aliphatic heterocycles. The predicted molar refractivity (Wildman–Crippen MR) is 122 cm³/mol. The number of benzene rings is 2. The van der Waals surface area contributed by atoms with Gasteiger partial charge in [0.05, 0.1) is 18.7 Å². The monoisotopic (exact) mass is 459 g/mol. The van der Waals surface area contributed by atoms with Crippen LogP contribution in [0.5, 0.6) is 5.75 Å². The van der Waals surface area contributed by atoms with E-state index in [1.807, 2.05) is 24.3 Å². The Morgan fingerprint density at radius 1 is 1.06 bits per heavy atom. The van der Waals surface area contributed by atoms with Crippen LogP contribution in [-0.4, -0.2) is 50.0 Å². The number of carbonyl (C=O) groups is 2. The van der Waals surface area contributed by atoms with Gasteiger partial charge in [-0.05, 0) is 50.6 Å². The van der Waals surface area contributed by atoms with Crippen molar-refractivity contribution in [3.05, 3.63) is 65.2 Å². The van der Waals surface area contributed by atoms with Crippen LogP contribution in [0.15, 0.2) is 42.5 Å². The van der Waals surface area contributed by atoms with E-state index in [2.05, 4.69) is 15.5 Å². The first kappa shape index (κ1) is 24.6. The highest BCUT2D eigenvalue weighted by Crippen LogP contribution is 2.30. The molecule has 2 amide bonds. The van der Waals surface area contributed by atoms with E-state index in [1.165, 1.54) is 6.42 Å². The highest BCUT2D eigenvalue weighted by Gasteiger charge is 2.25. The Morgan fingerprint density at radius 3 is 2.55 bits per heavy atom. The van der Waals surface area contributed by atoms with Gasteiger partial charge in [-0.25, -0.2) is 8.78 Å². The highest BCUT2D eigenvalue weighted by atomic mass is 19.1. The molecule has 8 heteroatoms. The van der Waals surface area contributed by atoms with Gasteiger partial charge in [0.2, 0.25) is 5.91 Å². The van der Waals surface area contributed by atoms with Crippen LogP contribution in [-0.2, 0) is 4.79 Å². The first-order chi connectivity index (χ1) is 16.0. The quantitative estimate of drug-likeness (QED) is 0.530. The van der Waals surface area contributed by atoms with Crippen molar-refractivity contribution in [1.29, 1.82) is 0 Å². The maximum atomic E-state index is 13.7. The van der Waals surface area contributed by atoms with Crippen LogP contribution in [0.2, 0.25) is 0 Å². The number of para-hydroxylation sites is 1. The largest absolute Gasteiger partial charge is 0.496 e. The molecular weight excluding hydrogens is 428 g/mol. The predicted octanol–water partition coefficient (Wildman–Crippen LogP) is 3.83. The van der Waals surface area contributed by atoms with E-state index >= 15 is 0 Å². The van der Waals surface area contributed by atoms with E-state index in [9.17, 15) is 18.4 Å². The molecule has 0 aromatic heterocycles. The zero-order valence-corrected chi connectivity index (χ0v) is 18.9. The molecule has 2 aromatic carbocycles. The summed E-state index contributed by atoms with van der Waals surface area (Å²) < 4.78 is 32.2. The van der Waals surface area contributed by atoms with Crippen LogP contribution in [0.3, 0.4) is 0 Å². The average molecular weight is 460 g/mol. The molecule has 6 nitrogen and oxygen atoms in total. The lowest BCUT2D eigenvalue weighted by Gasteiger charge is -2.35. The number of amides is 2. The van der Waals surface area contributed by atoms with Crippen molar-refractivity contribution in [2.24, 2.45) is 0 Å². The van der Waals surface area contributed by atoms with Crippen LogP contribution in [0, 0.1) is 11.6 Å². The molecule has 1 saturated heterocycles. The number of ether oxygens (including phenoxy) is 1. The number of likely N-dealkylation sites (tertiary alicyclic amines) is 1. The lowest BCUT2D eigenvalue weighted by Crippen LogP contribution is -2.40. The van der Waals surface area contributed by atoms with Crippen LogP contribution in [0.4, 0.5) is 8.78 Å². The Balaban J connectivity index is 1.49. The van der Waals surface area contributed by atoms with Crippen molar-refractivity contribution in [3.63, 3.8) is 0 Å². The summed E-state index contributed by atoms with van der Waals surface area (Å²) in [6.45, 7) is 2.63. The second-order valence-electron chi connectivity index (χ2n) is 8.14. The molecule has 178 valence electrons. The van der Waals surface area contributed by atoms with Gasteiger partial charge < -0.3 is 15.4 Å². The number of carbonyl (C=O) groups excluding carboxylic acids is 2. The maximum Gasteiger partial charge on any atom is 0.254 e. The molecule has 1 aliphatic rings. The summed E-state index contributed by atoms with van der Waals surface area (Å²) in [7, 11) is 1.65. The Labute approximate surface area is 193 Å². The van der Waals surface area contributed by atoms with Gasteiger partial charge in [0, 0.05) is 31.1 Å². The van der Waals surface area contributed by atoms with E-state index in [0.29, 0.717) is 19.0 Å². The van der Waals surface area contributed by atoms with Crippen molar-refractivity contribution in [3.8, 4) is 5.75 Å². The Hall–Kier alpha value is -3.00. The molecule has 33 heavy (non-hydrogen) atoms. The molecular formula is C25H31F2N3O3. The lowest BCUT2D eigenvalue weighted by molar-refractivity contribution is -0.121. The number of hydrogen-bond donors (Lipinski definition) is 2. The molecule has 2 N–H and O–H groups in total. The number of nitrogens with zero attached hydrogens (tertiary/aromatic N) is 1. The van der Waals surface area contributed by atoms with Gasteiger partial charge in [-0.2, -0.15) is 0 Å². The molecule has 0 bridgehead atoms. The van der Waals surface area contributed by atoms with E-state index in [-0.39, 0.29) is 30.5 Å². The third-order valence-electron chi connectivity index (χ3n) is 5.86. The van der Waals surface area contributed by atoms with Gasteiger partial charge in [-0.1, -0.05) is 24.6 Å². The van der Waals surface area contributed by atoms with Crippen molar-refractivity contribution < 1.29 is 23.1 Å². The molecule has 3 rings (SSSR count). The van der Waals surface area contributed by atoms with Gasteiger partial charge in [0.15, 0.2) is 0 Å². The number of rotatable bonds is 10. The summed E-state index contributed by atoms with van der Waals surface area (Å²) in [5.41, 5.74) is 0.831. The molecule has 0 spiro atoms. The Kier molecular flexibility index (Phi) is 9.18. The fourth-order valence-electron chi connectivity index (χ4n) is 4.13. The molecule has 1 unspecified atom stereocenters. The minimum absolute atomic E-state index is 0.0200. The maximum absolute atomic E-state index is 13.7. The fraction of sp³-hybridized carbons (Fsp3) is 0.440. The summed E-state index contributed by atoms with van der Waals surface area (Å²) in [4.78, 5) is 26.9. The fourth-order valence-corrected chi connectivity index (χ4v) is 4.13. The van der Waals surface area contributed by atoms with Crippen LogP contribution < -0.4 is 15.4 Å². The van der Waals surface area contributed by atoms with Gasteiger partial charge in [0.1, 0.15) is 17.4 Å². The molecule has 1 fully saturated rings. The minimum Gasteiger partial charge on any atom is -0.496 e. The first-order valence-electron chi connectivity index (χ1n) is 11.4. The number of nitrogens with one attached hydrogen (secondary N) is 2. The van der Waals surface area contributed by atoms with Crippen LogP contribution in [0.25, 0.3) is 0 Å². The third kappa shape index (κ3) is 6.99. The zero-order chi connectivity index (χ0) is 23.6. The lowest BCUT2D eigenvalue weighted by atomic mass is 10.0. The SMILES string of the molecule is COc1ccccc1C(CNC(=O)CCCNC(=O)c1ccc(F)cc1F)N1CCCCC1. The summed E-state index contributed by atoms with van der Waals surface area (Å²) >= 11 is 0. The minimum atomic E-state index is -0.912. The van der Waals surface area contributed by atoms with E-state index in [1.54, 1.807) is 7.11 Å². The second-order valence-corrected chi connectivity index (χ2v) is 8.14. The van der Waals surface area contributed by atoms with E-state index < -0.39 is 17.5 Å². The number of halogens is 2. The normalized spacial score (nSPS) is 15.0. The second kappa shape index (κ2) is 12.3. The van der Waals surface area contributed by atoms with Crippen molar-refractivity contribution in [1.82, 2.24) is 15.5 Å². The standard InChI is InChI=1S/C25H31F2N3O3/c1-33-23-9-4-3-8-20(23)22(30-14-5-2-6-15-30)17-29-24(31)10-7-13-28-25(32)19-12-11-18(26)16-21(19)27/h3-4,8-9,11-12,16,22H,2,5-7,10,13-15,17H2,1H3,(H,28,32)(H,29,31). The molecule has 2 aromatic rings. The summed E-state index contributed by atoms with van der Waals surface area (Å²) in [6, 6.07) is 10.7. The van der Waals surface area contributed by atoms with Gasteiger partial charge in [0.25, 0.3) is 5.91 Å². The smallest absolute Gasteiger partial charge is 0.254 e. The summed E-state index contributed by atoms with van der Waals surface area (Å²) in [5.74, 6) is -1.59. The topological polar surface area (TPSA) is 70.7 Å². The zero-order valence-electron chi connectivity index (χ0n) is 18.9. The van der Waals surface area contributed by atoms with Crippen LogP contribution >= 0.6 is 0 Å². The first-order valence-corrected chi connectivity index (χ1v) is 11.4. The van der Waals surface area contributed by atoms with Gasteiger partial charge in [-0.3, -0.25) is 14.5 Å². The van der Waals surface area contributed by atoms with E-state index in [4.69, 9.17) is 4.74 Å². The number of piperidine rings is 1. The van der Waals surface area contributed by atoms with Gasteiger partial charge in [-0.15, -0.1) is 0 Å². The summed E-state index contributed by atoms with van der Waals surface area (Å²) in [6.07, 6.45) is 4.12. The average Bonchev–Trinajstić information content (AvgIpc) is 2.83. The van der Waals surface area contributed by atoms with Crippen LogP contribution in [0.1, 0.15) is 54.1 Å². The third-order valence-corrected chi connectivity index (χ3v) is 5.86. The van der Waals surface area contributed by atoms with Gasteiger partial charge >= 0.3 is 0 Å². The molecule has 0 aliphatic carbocycles.